The van der Waals surface area contributed by atoms with Crippen molar-refractivity contribution in [3.63, 3.8) is 0 Å². The molecule has 0 aromatic heterocycles. The summed E-state index contributed by atoms with van der Waals surface area (Å²) in [5.41, 5.74) is 0. The van der Waals surface area contributed by atoms with Gasteiger partial charge in [-0.25, -0.2) is 4.79 Å². The number of carbonyl (C=O) groups excluding carboxylic acids is 2. The molecule has 0 radical (unpaired) electrons. The van der Waals surface area contributed by atoms with Crippen LogP contribution in [0.1, 0.15) is 26.2 Å². The monoisotopic (exact) mass is 269 g/mol. The predicted molar refractivity (Wildman–Crippen MR) is 66.5 cm³/mol. The molecule has 0 aromatic rings. The first-order chi connectivity index (χ1) is 8.97. The molecule has 3 atom stereocenters. The number of carboxylic acids is 1. The molecule has 106 valence electrons. The average molecular weight is 269 g/mol. The molecule has 0 aromatic carbocycles. The Hall–Kier alpha value is -1.79. The standard InChI is InChI=1S/C12H19N3O4/c1-7-4-8(11(17)18)2-3-15(7)12(19)14-9-5-10(16)13-6-9/h7-9H,2-6H2,1H3,(H,13,16)(H,14,19)(H,17,18). The van der Waals surface area contributed by atoms with Gasteiger partial charge in [0.25, 0.3) is 0 Å². The molecule has 2 fully saturated rings. The maximum absolute atomic E-state index is 12.1. The van der Waals surface area contributed by atoms with E-state index in [1.165, 1.54) is 0 Å². The first kappa shape index (κ1) is 13.6. The van der Waals surface area contributed by atoms with Gasteiger partial charge in [0, 0.05) is 25.6 Å². The number of urea groups is 1. The Balaban J connectivity index is 1.86. The molecule has 3 unspecified atom stereocenters. The Morgan fingerprint density at radius 1 is 1.47 bits per heavy atom. The minimum Gasteiger partial charge on any atom is -0.481 e. The van der Waals surface area contributed by atoms with Crippen LogP contribution in [0.2, 0.25) is 0 Å². The average Bonchev–Trinajstić information content (AvgIpc) is 2.74. The van der Waals surface area contributed by atoms with Crippen molar-refractivity contribution >= 4 is 17.9 Å². The van der Waals surface area contributed by atoms with Gasteiger partial charge in [-0.2, -0.15) is 0 Å². The fraction of sp³-hybridized carbons (Fsp3) is 0.750. The van der Waals surface area contributed by atoms with Gasteiger partial charge in [0.15, 0.2) is 0 Å². The zero-order valence-electron chi connectivity index (χ0n) is 10.9. The van der Waals surface area contributed by atoms with Gasteiger partial charge in [-0.1, -0.05) is 0 Å². The maximum atomic E-state index is 12.1. The third-order valence-electron chi connectivity index (χ3n) is 3.79. The number of hydrogen-bond acceptors (Lipinski definition) is 3. The quantitative estimate of drug-likeness (QED) is 0.645. The molecule has 19 heavy (non-hydrogen) atoms. The summed E-state index contributed by atoms with van der Waals surface area (Å²) in [6, 6.07) is -0.470. The Bertz CT molecular complexity index is 398. The van der Waals surface area contributed by atoms with E-state index in [9.17, 15) is 14.4 Å². The normalized spacial score (nSPS) is 30.9. The van der Waals surface area contributed by atoms with E-state index in [1.807, 2.05) is 6.92 Å². The van der Waals surface area contributed by atoms with Crippen LogP contribution in [-0.4, -0.2) is 53.1 Å². The molecule has 2 heterocycles. The number of likely N-dealkylation sites (tertiary alicyclic amines) is 1. The summed E-state index contributed by atoms with van der Waals surface area (Å²) in [6.07, 6.45) is 1.27. The second-order valence-electron chi connectivity index (χ2n) is 5.26. The molecule has 0 spiro atoms. The second-order valence-corrected chi connectivity index (χ2v) is 5.26. The summed E-state index contributed by atoms with van der Waals surface area (Å²) < 4.78 is 0. The number of carbonyl (C=O) groups is 3. The van der Waals surface area contributed by atoms with Crippen molar-refractivity contribution in [1.82, 2.24) is 15.5 Å². The van der Waals surface area contributed by atoms with Crippen molar-refractivity contribution in [1.29, 1.82) is 0 Å². The van der Waals surface area contributed by atoms with E-state index in [1.54, 1.807) is 4.90 Å². The van der Waals surface area contributed by atoms with E-state index in [0.717, 1.165) is 0 Å². The molecule has 3 N–H and O–H groups in total. The summed E-state index contributed by atoms with van der Waals surface area (Å²) in [4.78, 5) is 35.7. The molecule has 3 amide bonds. The molecule has 2 aliphatic rings. The minimum absolute atomic E-state index is 0.0528. The fourth-order valence-corrected chi connectivity index (χ4v) is 2.66. The van der Waals surface area contributed by atoms with Gasteiger partial charge in [-0.05, 0) is 19.8 Å². The Labute approximate surface area is 111 Å². The lowest BCUT2D eigenvalue weighted by Gasteiger charge is -2.36. The third-order valence-corrected chi connectivity index (χ3v) is 3.79. The Morgan fingerprint density at radius 2 is 2.21 bits per heavy atom. The molecule has 2 rings (SSSR count). The van der Waals surface area contributed by atoms with Crippen LogP contribution in [0.3, 0.4) is 0 Å². The molecule has 0 saturated carbocycles. The Kier molecular flexibility index (Phi) is 3.92. The lowest BCUT2D eigenvalue weighted by Crippen LogP contribution is -2.52. The van der Waals surface area contributed by atoms with E-state index in [4.69, 9.17) is 5.11 Å². The van der Waals surface area contributed by atoms with Gasteiger partial charge in [0.1, 0.15) is 0 Å². The van der Waals surface area contributed by atoms with Crippen LogP contribution in [0.15, 0.2) is 0 Å². The highest BCUT2D eigenvalue weighted by molar-refractivity contribution is 5.81. The van der Waals surface area contributed by atoms with Crippen LogP contribution in [0, 0.1) is 5.92 Å². The third kappa shape index (κ3) is 3.15. The Morgan fingerprint density at radius 3 is 2.74 bits per heavy atom. The molecule has 0 aliphatic carbocycles. The highest BCUT2D eigenvalue weighted by atomic mass is 16.4. The van der Waals surface area contributed by atoms with Crippen molar-refractivity contribution < 1.29 is 19.5 Å². The molecule has 2 saturated heterocycles. The number of piperidine rings is 1. The van der Waals surface area contributed by atoms with E-state index >= 15 is 0 Å². The van der Waals surface area contributed by atoms with E-state index in [0.29, 0.717) is 32.4 Å². The van der Waals surface area contributed by atoms with Gasteiger partial charge in [-0.3, -0.25) is 9.59 Å². The summed E-state index contributed by atoms with van der Waals surface area (Å²) in [6.45, 7) is 2.76. The molecular formula is C12H19N3O4. The lowest BCUT2D eigenvalue weighted by molar-refractivity contribution is -0.143. The number of nitrogens with zero attached hydrogens (tertiary/aromatic N) is 1. The van der Waals surface area contributed by atoms with Crippen LogP contribution < -0.4 is 10.6 Å². The van der Waals surface area contributed by atoms with Gasteiger partial charge in [-0.15, -0.1) is 0 Å². The largest absolute Gasteiger partial charge is 0.481 e. The van der Waals surface area contributed by atoms with E-state index in [-0.39, 0.29) is 29.9 Å². The van der Waals surface area contributed by atoms with Crippen molar-refractivity contribution in [3.8, 4) is 0 Å². The van der Waals surface area contributed by atoms with Crippen molar-refractivity contribution in [2.45, 2.75) is 38.3 Å². The highest BCUT2D eigenvalue weighted by Gasteiger charge is 2.33. The summed E-state index contributed by atoms with van der Waals surface area (Å²) in [7, 11) is 0. The van der Waals surface area contributed by atoms with Crippen molar-refractivity contribution in [2.75, 3.05) is 13.1 Å². The van der Waals surface area contributed by atoms with E-state index in [2.05, 4.69) is 10.6 Å². The zero-order chi connectivity index (χ0) is 14.0. The van der Waals surface area contributed by atoms with Crippen LogP contribution in [-0.2, 0) is 9.59 Å². The topological polar surface area (TPSA) is 98.7 Å². The minimum atomic E-state index is -0.794. The number of amides is 3. The van der Waals surface area contributed by atoms with Crippen molar-refractivity contribution in [3.05, 3.63) is 0 Å². The predicted octanol–water partition coefficient (Wildman–Crippen LogP) is -0.230. The number of rotatable bonds is 2. The van der Waals surface area contributed by atoms with E-state index < -0.39 is 5.97 Å². The smallest absolute Gasteiger partial charge is 0.317 e. The fourth-order valence-electron chi connectivity index (χ4n) is 2.66. The van der Waals surface area contributed by atoms with Crippen LogP contribution >= 0.6 is 0 Å². The first-order valence-corrected chi connectivity index (χ1v) is 6.54. The number of aliphatic carboxylic acids is 1. The molecular weight excluding hydrogens is 250 g/mol. The highest BCUT2D eigenvalue weighted by Crippen LogP contribution is 2.23. The maximum Gasteiger partial charge on any atom is 0.317 e. The van der Waals surface area contributed by atoms with Gasteiger partial charge >= 0.3 is 12.0 Å². The van der Waals surface area contributed by atoms with Crippen molar-refractivity contribution in [2.24, 2.45) is 5.92 Å². The number of hydrogen-bond donors (Lipinski definition) is 3. The summed E-state index contributed by atoms with van der Waals surface area (Å²) >= 11 is 0. The number of carboxylic acid groups (broad SMARTS) is 1. The molecule has 2 aliphatic heterocycles. The summed E-state index contributed by atoms with van der Waals surface area (Å²) in [5.74, 6) is -1.21. The zero-order valence-corrected chi connectivity index (χ0v) is 10.9. The van der Waals surface area contributed by atoms with Gasteiger partial charge in [0.05, 0.1) is 12.0 Å². The molecule has 7 heteroatoms. The first-order valence-electron chi connectivity index (χ1n) is 6.54. The second kappa shape index (κ2) is 5.46. The number of nitrogens with one attached hydrogen (secondary N) is 2. The summed E-state index contributed by atoms with van der Waals surface area (Å²) in [5, 5.41) is 14.4. The van der Waals surface area contributed by atoms with Gasteiger partial charge in [0.2, 0.25) is 5.91 Å². The van der Waals surface area contributed by atoms with Crippen LogP contribution in [0.5, 0.6) is 0 Å². The van der Waals surface area contributed by atoms with Crippen LogP contribution in [0.4, 0.5) is 4.79 Å². The molecule has 7 nitrogen and oxygen atoms in total. The molecule has 0 bridgehead atoms. The SMILES string of the molecule is CC1CC(C(=O)O)CCN1C(=O)NC1CNC(=O)C1. The van der Waals surface area contributed by atoms with Crippen LogP contribution in [0.25, 0.3) is 0 Å². The lowest BCUT2D eigenvalue weighted by atomic mass is 9.92. The van der Waals surface area contributed by atoms with Gasteiger partial charge < -0.3 is 20.6 Å².